The zero-order valence-corrected chi connectivity index (χ0v) is 9.04. The maximum Gasteiger partial charge on any atom is 0.245 e. The summed E-state index contributed by atoms with van der Waals surface area (Å²) >= 11 is 7.35. The van der Waals surface area contributed by atoms with Gasteiger partial charge in [-0.1, -0.05) is 18.2 Å². The van der Waals surface area contributed by atoms with E-state index in [0.29, 0.717) is 0 Å². The number of carbonyl (C=O) groups is 1. The Labute approximate surface area is 89.6 Å². The van der Waals surface area contributed by atoms with E-state index in [4.69, 9.17) is 11.6 Å². The van der Waals surface area contributed by atoms with Gasteiger partial charge in [-0.05, 0) is 58.0 Å². The maximum atomic E-state index is 10.4. The fourth-order valence-corrected chi connectivity index (χ4v) is 1.40. The molecule has 0 spiro atoms. The van der Waals surface area contributed by atoms with Crippen LogP contribution < -0.4 is 0 Å². The second-order valence-corrected chi connectivity index (χ2v) is 3.81. The monoisotopic (exact) mass is 292 g/mol. The van der Waals surface area contributed by atoms with Crippen LogP contribution in [-0.4, -0.2) is 5.24 Å². The molecule has 1 aromatic carbocycles. The first-order chi connectivity index (χ1) is 5.68. The lowest BCUT2D eigenvalue weighted by Gasteiger charge is -1.92. The topological polar surface area (TPSA) is 17.1 Å². The SMILES string of the molecule is O=C(Cl)C=Cc1cccc(I)c1. The molecule has 0 unspecified atom stereocenters. The van der Waals surface area contributed by atoms with Crippen molar-refractivity contribution in [2.45, 2.75) is 0 Å². The lowest BCUT2D eigenvalue weighted by atomic mass is 10.2. The average molecular weight is 293 g/mol. The standard InChI is InChI=1S/C9H6ClIO/c10-9(12)5-4-7-2-1-3-8(11)6-7/h1-6H. The van der Waals surface area contributed by atoms with E-state index in [1.165, 1.54) is 6.08 Å². The molecular formula is C9H6ClIO. The Morgan fingerprint density at radius 2 is 2.25 bits per heavy atom. The highest BCUT2D eigenvalue weighted by atomic mass is 127. The number of allylic oxidation sites excluding steroid dienone is 1. The molecule has 0 aliphatic carbocycles. The van der Waals surface area contributed by atoms with Gasteiger partial charge in [0.15, 0.2) is 0 Å². The summed E-state index contributed by atoms with van der Waals surface area (Å²) in [5.41, 5.74) is 0.982. The zero-order chi connectivity index (χ0) is 8.97. The fraction of sp³-hybridized carbons (Fsp3) is 0. The van der Waals surface area contributed by atoms with Gasteiger partial charge >= 0.3 is 0 Å². The maximum absolute atomic E-state index is 10.4. The van der Waals surface area contributed by atoms with Crippen LogP contribution in [0.25, 0.3) is 6.08 Å². The molecule has 0 N–H and O–H groups in total. The summed E-state index contributed by atoms with van der Waals surface area (Å²) in [5, 5.41) is -0.450. The second kappa shape index (κ2) is 4.62. The minimum absolute atomic E-state index is 0.450. The van der Waals surface area contributed by atoms with Crippen LogP contribution in [0.4, 0.5) is 0 Å². The number of hydrogen-bond donors (Lipinski definition) is 0. The first kappa shape index (κ1) is 9.74. The quantitative estimate of drug-likeness (QED) is 0.465. The molecule has 0 fully saturated rings. The highest BCUT2D eigenvalue weighted by Gasteiger charge is 1.89. The summed E-state index contributed by atoms with van der Waals surface area (Å²) in [7, 11) is 0. The van der Waals surface area contributed by atoms with Gasteiger partial charge in [0.1, 0.15) is 0 Å². The fourth-order valence-electron chi connectivity index (χ4n) is 0.772. The van der Waals surface area contributed by atoms with Crippen LogP contribution in [-0.2, 0) is 4.79 Å². The number of rotatable bonds is 2. The van der Waals surface area contributed by atoms with Gasteiger partial charge < -0.3 is 0 Å². The Kier molecular flexibility index (Phi) is 3.75. The van der Waals surface area contributed by atoms with E-state index >= 15 is 0 Å². The second-order valence-electron chi connectivity index (χ2n) is 2.19. The molecule has 1 aromatic rings. The molecule has 62 valence electrons. The van der Waals surface area contributed by atoms with Crippen LogP contribution in [0.2, 0.25) is 0 Å². The first-order valence-corrected chi connectivity index (χ1v) is 4.77. The first-order valence-electron chi connectivity index (χ1n) is 3.31. The van der Waals surface area contributed by atoms with Gasteiger partial charge in [0.05, 0.1) is 0 Å². The van der Waals surface area contributed by atoms with Crippen LogP contribution in [0, 0.1) is 3.57 Å². The third-order valence-corrected chi connectivity index (χ3v) is 2.05. The lowest BCUT2D eigenvalue weighted by Crippen LogP contribution is -1.77. The van der Waals surface area contributed by atoms with E-state index in [2.05, 4.69) is 22.6 Å². The van der Waals surface area contributed by atoms with Crippen molar-refractivity contribution in [3.05, 3.63) is 39.5 Å². The van der Waals surface area contributed by atoms with Crippen molar-refractivity contribution in [1.82, 2.24) is 0 Å². The molecule has 1 nitrogen and oxygen atoms in total. The highest BCUT2D eigenvalue weighted by Crippen LogP contribution is 2.09. The molecule has 0 radical (unpaired) electrons. The van der Waals surface area contributed by atoms with E-state index in [-0.39, 0.29) is 0 Å². The van der Waals surface area contributed by atoms with Gasteiger partial charge in [0.2, 0.25) is 5.24 Å². The Balaban J connectivity index is 2.83. The number of hydrogen-bond acceptors (Lipinski definition) is 1. The van der Waals surface area contributed by atoms with Crippen LogP contribution in [0.3, 0.4) is 0 Å². The zero-order valence-electron chi connectivity index (χ0n) is 6.13. The van der Waals surface area contributed by atoms with E-state index < -0.39 is 5.24 Å². The molecule has 0 aliphatic heterocycles. The smallest absolute Gasteiger partial charge is 0.245 e. The van der Waals surface area contributed by atoms with Gasteiger partial charge in [-0.2, -0.15) is 0 Å². The summed E-state index contributed by atoms with van der Waals surface area (Å²) in [6.07, 6.45) is 3.03. The van der Waals surface area contributed by atoms with E-state index in [0.717, 1.165) is 9.13 Å². The van der Waals surface area contributed by atoms with E-state index in [1.54, 1.807) is 6.08 Å². The van der Waals surface area contributed by atoms with E-state index in [9.17, 15) is 4.79 Å². The lowest BCUT2D eigenvalue weighted by molar-refractivity contribution is -0.107. The predicted molar refractivity (Wildman–Crippen MR) is 59.1 cm³/mol. The Bertz CT molecular complexity index is 320. The predicted octanol–water partition coefficient (Wildman–Crippen LogP) is 3.07. The number of benzene rings is 1. The van der Waals surface area contributed by atoms with Crippen LogP contribution >= 0.6 is 34.2 Å². The third kappa shape index (κ3) is 3.36. The van der Waals surface area contributed by atoms with E-state index in [1.807, 2.05) is 24.3 Å². The average Bonchev–Trinajstić information content (AvgIpc) is 2.01. The van der Waals surface area contributed by atoms with Crippen molar-refractivity contribution in [3.63, 3.8) is 0 Å². The minimum atomic E-state index is -0.450. The van der Waals surface area contributed by atoms with Crippen molar-refractivity contribution in [1.29, 1.82) is 0 Å². The Morgan fingerprint density at radius 1 is 1.50 bits per heavy atom. The molecule has 0 amide bonds. The summed E-state index contributed by atoms with van der Waals surface area (Å²) < 4.78 is 1.14. The molecular weight excluding hydrogens is 286 g/mol. The van der Waals surface area contributed by atoms with Crippen LogP contribution in [0.5, 0.6) is 0 Å². The minimum Gasteiger partial charge on any atom is -0.276 e. The van der Waals surface area contributed by atoms with Gasteiger partial charge in [-0.15, -0.1) is 0 Å². The van der Waals surface area contributed by atoms with Gasteiger partial charge in [-0.25, -0.2) is 0 Å². The molecule has 0 heterocycles. The van der Waals surface area contributed by atoms with Crippen LogP contribution in [0.15, 0.2) is 30.3 Å². The largest absolute Gasteiger partial charge is 0.276 e. The molecule has 0 atom stereocenters. The van der Waals surface area contributed by atoms with Crippen molar-refractivity contribution >= 4 is 45.5 Å². The molecule has 3 heteroatoms. The molecule has 12 heavy (non-hydrogen) atoms. The number of carbonyl (C=O) groups excluding carboxylic acids is 1. The molecule has 0 aromatic heterocycles. The highest BCUT2D eigenvalue weighted by molar-refractivity contribution is 14.1. The molecule has 0 saturated carbocycles. The van der Waals surface area contributed by atoms with Gasteiger partial charge in [0, 0.05) is 3.57 Å². The normalized spacial score (nSPS) is 10.5. The molecule has 0 saturated heterocycles. The van der Waals surface area contributed by atoms with Gasteiger partial charge in [0.25, 0.3) is 0 Å². The van der Waals surface area contributed by atoms with Crippen molar-refractivity contribution in [2.75, 3.05) is 0 Å². The third-order valence-electron chi connectivity index (χ3n) is 1.26. The van der Waals surface area contributed by atoms with Crippen molar-refractivity contribution < 1.29 is 4.79 Å². The summed E-state index contributed by atoms with van der Waals surface area (Å²) in [6, 6.07) is 7.80. The molecule has 1 rings (SSSR count). The summed E-state index contributed by atoms with van der Waals surface area (Å²) in [6.45, 7) is 0. The van der Waals surface area contributed by atoms with Crippen molar-refractivity contribution in [2.24, 2.45) is 0 Å². The van der Waals surface area contributed by atoms with Crippen LogP contribution in [0.1, 0.15) is 5.56 Å². The summed E-state index contributed by atoms with van der Waals surface area (Å²) in [4.78, 5) is 10.4. The van der Waals surface area contributed by atoms with Crippen molar-refractivity contribution in [3.8, 4) is 0 Å². The molecule has 0 bridgehead atoms. The summed E-state index contributed by atoms with van der Waals surface area (Å²) in [5.74, 6) is 0. The Morgan fingerprint density at radius 3 is 2.83 bits per heavy atom. The van der Waals surface area contributed by atoms with Gasteiger partial charge in [-0.3, -0.25) is 4.79 Å². The molecule has 0 aliphatic rings. The Hall–Kier alpha value is -0.350. The number of halogens is 2.